The van der Waals surface area contributed by atoms with Gasteiger partial charge >= 0.3 is 0 Å². The van der Waals surface area contributed by atoms with Gasteiger partial charge < -0.3 is 15.7 Å². The van der Waals surface area contributed by atoms with Gasteiger partial charge in [0.1, 0.15) is 5.82 Å². The Morgan fingerprint density at radius 3 is 2.77 bits per heavy atom. The van der Waals surface area contributed by atoms with Gasteiger partial charge in [-0.15, -0.1) is 0 Å². The number of rotatable bonds is 7. The lowest BCUT2D eigenvalue weighted by Crippen LogP contribution is -2.40. The number of carbonyl (C=O) groups is 2. The highest BCUT2D eigenvalue weighted by Gasteiger charge is 2.28. The van der Waals surface area contributed by atoms with Crippen molar-refractivity contribution in [3.63, 3.8) is 0 Å². The van der Waals surface area contributed by atoms with Crippen LogP contribution in [0.5, 0.6) is 0 Å². The number of amides is 2. The Kier molecular flexibility index (Phi) is 7.33. The van der Waals surface area contributed by atoms with E-state index in [9.17, 15) is 14.7 Å². The third-order valence-electron chi connectivity index (χ3n) is 5.65. The molecule has 2 aromatic rings. The lowest BCUT2D eigenvalue weighted by atomic mass is 9.85. The molecule has 2 aromatic heterocycles. The second-order valence-corrected chi connectivity index (χ2v) is 9.47. The van der Waals surface area contributed by atoms with Crippen molar-refractivity contribution in [2.24, 2.45) is 11.3 Å². The fourth-order valence-corrected chi connectivity index (χ4v) is 4.21. The number of anilines is 1. The predicted molar refractivity (Wildman–Crippen MR) is 120 cm³/mol. The molecule has 2 heterocycles. The Morgan fingerprint density at radius 2 is 2.06 bits per heavy atom. The summed E-state index contributed by atoms with van der Waals surface area (Å²) in [7, 11) is 0. The number of hydrogen-bond acceptors (Lipinski definition) is 5. The summed E-state index contributed by atoms with van der Waals surface area (Å²) in [6, 6.07) is 1.77. The standard InChI is InChI=1S/C22H30ClN5O3/c1-13(30)26-15-6-4-5-14(7-15)21(31)27-20-8-16(18(23)11-24-20)17-10-25-28-19(17)9-22(2,3)12-29/h8,10-11,14-15,29H,4-7,9,12H2,1-3H3,(H,25,28)(H,26,30)(H,24,27,31)/t14-,15?/m1/s1. The van der Waals surface area contributed by atoms with E-state index in [1.807, 2.05) is 13.8 Å². The van der Waals surface area contributed by atoms with Crippen molar-refractivity contribution < 1.29 is 14.7 Å². The third-order valence-corrected chi connectivity index (χ3v) is 5.95. The minimum absolute atomic E-state index is 0.0269. The van der Waals surface area contributed by atoms with Gasteiger partial charge in [0.15, 0.2) is 0 Å². The molecule has 8 nitrogen and oxygen atoms in total. The first-order valence-electron chi connectivity index (χ1n) is 10.6. The summed E-state index contributed by atoms with van der Waals surface area (Å²) < 4.78 is 0. The maximum atomic E-state index is 12.8. The number of hydrogen-bond donors (Lipinski definition) is 4. The van der Waals surface area contributed by atoms with Crippen molar-refractivity contribution in [1.82, 2.24) is 20.5 Å². The molecule has 0 aromatic carbocycles. The van der Waals surface area contributed by atoms with Gasteiger partial charge in [0.05, 0.1) is 11.2 Å². The summed E-state index contributed by atoms with van der Waals surface area (Å²) in [4.78, 5) is 28.4. The molecule has 9 heteroatoms. The zero-order valence-electron chi connectivity index (χ0n) is 18.2. The third kappa shape index (κ3) is 6.04. The minimum Gasteiger partial charge on any atom is -0.396 e. The predicted octanol–water partition coefficient (Wildman–Crippen LogP) is 3.32. The molecular weight excluding hydrogens is 418 g/mol. The summed E-state index contributed by atoms with van der Waals surface area (Å²) in [5, 5.41) is 23.0. The van der Waals surface area contributed by atoms with E-state index in [1.54, 1.807) is 12.3 Å². The Labute approximate surface area is 187 Å². The molecule has 2 atom stereocenters. The molecule has 1 unspecified atom stereocenters. The van der Waals surface area contributed by atoms with Gasteiger partial charge in [-0.05, 0) is 37.2 Å². The number of carbonyl (C=O) groups excluding carboxylic acids is 2. The van der Waals surface area contributed by atoms with Crippen LogP contribution >= 0.6 is 11.6 Å². The number of nitrogens with zero attached hydrogens (tertiary/aromatic N) is 2. The highest BCUT2D eigenvalue weighted by Crippen LogP contribution is 2.34. The molecule has 2 amide bonds. The van der Waals surface area contributed by atoms with E-state index in [2.05, 4.69) is 25.8 Å². The molecule has 1 fully saturated rings. The van der Waals surface area contributed by atoms with Gasteiger partial charge in [-0.3, -0.25) is 14.7 Å². The summed E-state index contributed by atoms with van der Waals surface area (Å²) in [6.07, 6.45) is 6.97. The Morgan fingerprint density at radius 1 is 1.29 bits per heavy atom. The van der Waals surface area contributed by atoms with Crippen molar-refractivity contribution in [1.29, 1.82) is 0 Å². The van der Waals surface area contributed by atoms with Gasteiger partial charge in [-0.2, -0.15) is 5.10 Å². The largest absolute Gasteiger partial charge is 0.396 e. The van der Waals surface area contributed by atoms with Crippen LogP contribution in [0.2, 0.25) is 5.02 Å². The molecule has 0 aliphatic heterocycles. The number of H-pyrrole nitrogens is 1. The zero-order chi connectivity index (χ0) is 22.6. The van der Waals surface area contributed by atoms with E-state index in [0.717, 1.165) is 30.5 Å². The zero-order valence-corrected chi connectivity index (χ0v) is 18.9. The number of aliphatic hydroxyl groups is 1. The van der Waals surface area contributed by atoms with E-state index >= 15 is 0 Å². The lowest BCUT2D eigenvalue weighted by Gasteiger charge is -2.28. The van der Waals surface area contributed by atoms with Gasteiger partial charge in [0, 0.05) is 48.5 Å². The molecule has 31 heavy (non-hydrogen) atoms. The van der Waals surface area contributed by atoms with Gasteiger partial charge in [0.2, 0.25) is 11.8 Å². The maximum Gasteiger partial charge on any atom is 0.228 e. The molecule has 0 bridgehead atoms. The monoisotopic (exact) mass is 447 g/mol. The summed E-state index contributed by atoms with van der Waals surface area (Å²) in [5.74, 6) is 0.0565. The molecule has 0 radical (unpaired) electrons. The van der Waals surface area contributed by atoms with Crippen molar-refractivity contribution in [3.8, 4) is 11.1 Å². The lowest BCUT2D eigenvalue weighted by molar-refractivity contribution is -0.123. The first-order valence-corrected chi connectivity index (χ1v) is 10.9. The fourth-order valence-electron chi connectivity index (χ4n) is 4.00. The second kappa shape index (κ2) is 9.78. The minimum atomic E-state index is -0.316. The topological polar surface area (TPSA) is 120 Å². The van der Waals surface area contributed by atoms with Gasteiger partial charge in [0.25, 0.3) is 0 Å². The van der Waals surface area contributed by atoms with Crippen LogP contribution in [0.3, 0.4) is 0 Å². The van der Waals surface area contributed by atoms with Crippen molar-refractivity contribution in [3.05, 3.63) is 29.2 Å². The molecule has 3 rings (SSSR count). The average molecular weight is 448 g/mol. The van der Waals surface area contributed by atoms with Crippen molar-refractivity contribution in [2.75, 3.05) is 11.9 Å². The van der Waals surface area contributed by atoms with Crippen LogP contribution in [0.1, 0.15) is 52.1 Å². The van der Waals surface area contributed by atoms with Crippen LogP contribution in [0, 0.1) is 11.3 Å². The van der Waals surface area contributed by atoms with Crippen LogP contribution in [0.4, 0.5) is 5.82 Å². The Hall–Kier alpha value is -2.45. The van der Waals surface area contributed by atoms with Crippen LogP contribution in [-0.2, 0) is 16.0 Å². The molecule has 168 valence electrons. The average Bonchev–Trinajstić information content (AvgIpc) is 3.16. The van der Waals surface area contributed by atoms with Crippen LogP contribution in [-0.4, -0.2) is 44.8 Å². The van der Waals surface area contributed by atoms with Crippen molar-refractivity contribution in [2.45, 2.75) is 58.9 Å². The highest BCUT2D eigenvalue weighted by molar-refractivity contribution is 6.33. The number of pyridine rings is 1. The quantitative estimate of drug-likeness (QED) is 0.519. The van der Waals surface area contributed by atoms with E-state index in [-0.39, 0.29) is 35.8 Å². The second-order valence-electron chi connectivity index (χ2n) is 9.06. The normalized spacial score (nSPS) is 19.1. The fraction of sp³-hybridized carbons (Fsp3) is 0.545. The first kappa shape index (κ1) is 23.2. The number of aromatic amines is 1. The van der Waals surface area contributed by atoms with E-state index in [1.165, 1.54) is 13.1 Å². The molecule has 1 aliphatic rings. The molecular formula is C22H30ClN5O3. The number of aromatic nitrogens is 3. The van der Waals surface area contributed by atoms with Crippen molar-refractivity contribution >= 4 is 29.2 Å². The van der Waals surface area contributed by atoms with Crippen LogP contribution < -0.4 is 10.6 Å². The summed E-state index contributed by atoms with van der Waals surface area (Å²) in [5.41, 5.74) is 2.07. The maximum absolute atomic E-state index is 12.8. The van der Waals surface area contributed by atoms with E-state index < -0.39 is 0 Å². The van der Waals surface area contributed by atoms with E-state index in [4.69, 9.17) is 11.6 Å². The number of aliphatic hydroxyl groups excluding tert-OH is 1. The summed E-state index contributed by atoms with van der Waals surface area (Å²) >= 11 is 6.41. The SMILES string of the molecule is CC(=O)NC1CCC[C@@H](C(=O)Nc2cc(-c3cn[nH]c3CC(C)(C)CO)c(Cl)cn2)C1. The molecule has 1 saturated carbocycles. The van der Waals surface area contributed by atoms with Gasteiger partial charge in [-0.25, -0.2) is 4.98 Å². The van der Waals surface area contributed by atoms with Gasteiger partial charge in [-0.1, -0.05) is 31.9 Å². The smallest absolute Gasteiger partial charge is 0.228 e. The molecule has 0 saturated heterocycles. The Balaban J connectivity index is 1.76. The molecule has 0 spiro atoms. The molecule has 4 N–H and O–H groups in total. The Bertz CT molecular complexity index is 943. The highest BCUT2D eigenvalue weighted by atomic mass is 35.5. The number of nitrogens with one attached hydrogen (secondary N) is 3. The summed E-state index contributed by atoms with van der Waals surface area (Å²) in [6.45, 7) is 5.47. The van der Waals surface area contributed by atoms with E-state index in [0.29, 0.717) is 29.2 Å². The van der Waals surface area contributed by atoms with Crippen LogP contribution in [0.15, 0.2) is 18.5 Å². The van der Waals surface area contributed by atoms with Crippen LogP contribution in [0.25, 0.3) is 11.1 Å². The number of halogens is 1. The first-order chi connectivity index (χ1) is 14.7. The molecule has 1 aliphatic carbocycles.